The van der Waals surface area contributed by atoms with E-state index in [1.165, 1.54) is 23.6 Å². The number of rotatable bonds is 2. The van der Waals surface area contributed by atoms with Crippen molar-refractivity contribution in [2.45, 2.75) is 13.0 Å². The van der Waals surface area contributed by atoms with Crippen molar-refractivity contribution < 1.29 is 9.50 Å². The second kappa shape index (κ2) is 4.08. The highest BCUT2D eigenvalue weighted by Gasteiger charge is 2.17. The van der Waals surface area contributed by atoms with Gasteiger partial charge in [-0.3, -0.25) is 4.98 Å². The summed E-state index contributed by atoms with van der Waals surface area (Å²) in [5.74, 6) is -0.474. The molecule has 2 heterocycles. The standard InChI is InChI=1S/C11H10FNOS/c1-7-3-5-15-11(7)10(14)8-2-4-13-6-9(8)12/h2-6,10,14H,1H3. The van der Waals surface area contributed by atoms with Crippen molar-refractivity contribution in [3.63, 3.8) is 0 Å². The Hall–Kier alpha value is -1.26. The number of aryl methyl sites for hydroxylation is 1. The zero-order valence-corrected chi connectivity index (χ0v) is 8.96. The predicted octanol–water partition coefficient (Wildman–Crippen LogP) is 2.67. The molecule has 2 nitrogen and oxygen atoms in total. The number of hydrogen-bond acceptors (Lipinski definition) is 3. The van der Waals surface area contributed by atoms with E-state index in [2.05, 4.69) is 4.98 Å². The lowest BCUT2D eigenvalue weighted by Gasteiger charge is -2.10. The van der Waals surface area contributed by atoms with Gasteiger partial charge in [-0.2, -0.15) is 0 Å². The monoisotopic (exact) mass is 223 g/mol. The Labute approximate surface area is 91.0 Å². The molecule has 0 saturated carbocycles. The van der Waals surface area contributed by atoms with Crippen LogP contribution in [-0.2, 0) is 0 Å². The molecule has 0 radical (unpaired) electrons. The van der Waals surface area contributed by atoms with E-state index in [9.17, 15) is 9.50 Å². The fourth-order valence-electron chi connectivity index (χ4n) is 1.41. The molecule has 4 heteroatoms. The Morgan fingerprint density at radius 2 is 2.27 bits per heavy atom. The molecule has 2 aromatic rings. The second-order valence-electron chi connectivity index (χ2n) is 3.27. The third kappa shape index (κ3) is 1.91. The smallest absolute Gasteiger partial charge is 0.147 e. The van der Waals surface area contributed by atoms with Crippen molar-refractivity contribution in [1.29, 1.82) is 0 Å². The SMILES string of the molecule is Cc1ccsc1C(O)c1ccncc1F. The van der Waals surface area contributed by atoms with E-state index < -0.39 is 11.9 Å². The molecule has 2 rings (SSSR count). The van der Waals surface area contributed by atoms with Gasteiger partial charge in [-0.15, -0.1) is 11.3 Å². The first-order valence-electron chi connectivity index (χ1n) is 4.51. The summed E-state index contributed by atoms with van der Waals surface area (Å²) in [6.45, 7) is 1.90. The van der Waals surface area contributed by atoms with Crippen molar-refractivity contribution in [3.05, 3.63) is 51.7 Å². The van der Waals surface area contributed by atoms with Crippen molar-refractivity contribution in [3.8, 4) is 0 Å². The molecule has 15 heavy (non-hydrogen) atoms. The largest absolute Gasteiger partial charge is 0.383 e. The normalized spacial score (nSPS) is 12.7. The molecular weight excluding hydrogens is 213 g/mol. The van der Waals surface area contributed by atoms with Gasteiger partial charge in [-0.1, -0.05) is 0 Å². The van der Waals surface area contributed by atoms with Crippen LogP contribution in [0, 0.1) is 12.7 Å². The summed E-state index contributed by atoms with van der Waals surface area (Å²) >= 11 is 1.42. The third-order valence-electron chi connectivity index (χ3n) is 2.25. The average Bonchev–Trinajstić information content (AvgIpc) is 2.64. The van der Waals surface area contributed by atoms with E-state index in [4.69, 9.17) is 0 Å². The molecule has 2 aromatic heterocycles. The van der Waals surface area contributed by atoms with E-state index in [0.29, 0.717) is 0 Å². The van der Waals surface area contributed by atoms with E-state index in [1.54, 1.807) is 0 Å². The van der Waals surface area contributed by atoms with Gasteiger partial charge in [0.05, 0.1) is 6.20 Å². The third-order valence-corrected chi connectivity index (χ3v) is 3.32. The minimum Gasteiger partial charge on any atom is -0.383 e. The lowest BCUT2D eigenvalue weighted by molar-refractivity contribution is 0.218. The maximum atomic E-state index is 13.3. The number of thiophene rings is 1. The summed E-state index contributed by atoms with van der Waals surface area (Å²) in [5, 5.41) is 11.9. The lowest BCUT2D eigenvalue weighted by Crippen LogP contribution is -2.02. The van der Waals surface area contributed by atoms with E-state index in [-0.39, 0.29) is 5.56 Å². The first kappa shape index (κ1) is 10.3. The van der Waals surface area contributed by atoms with Gasteiger partial charge in [0.1, 0.15) is 11.9 Å². The van der Waals surface area contributed by atoms with Crippen LogP contribution in [0.1, 0.15) is 22.1 Å². The lowest BCUT2D eigenvalue weighted by atomic mass is 10.1. The van der Waals surface area contributed by atoms with E-state index in [0.717, 1.165) is 16.6 Å². The number of nitrogens with zero attached hydrogens (tertiary/aromatic N) is 1. The first-order chi connectivity index (χ1) is 7.20. The van der Waals surface area contributed by atoms with E-state index >= 15 is 0 Å². The highest BCUT2D eigenvalue weighted by Crippen LogP contribution is 2.29. The van der Waals surface area contributed by atoms with Crippen LogP contribution in [0.25, 0.3) is 0 Å². The molecule has 0 aliphatic rings. The number of aliphatic hydroxyl groups excluding tert-OH is 1. The van der Waals surface area contributed by atoms with Gasteiger partial charge in [0.25, 0.3) is 0 Å². The van der Waals surface area contributed by atoms with Crippen LogP contribution in [-0.4, -0.2) is 10.1 Å². The molecule has 1 N–H and O–H groups in total. The minimum atomic E-state index is -0.895. The highest BCUT2D eigenvalue weighted by molar-refractivity contribution is 7.10. The molecule has 0 fully saturated rings. The van der Waals surface area contributed by atoms with Crippen LogP contribution in [0.5, 0.6) is 0 Å². The maximum Gasteiger partial charge on any atom is 0.147 e. The molecule has 0 spiro atoms. The molecule has 0 bridgehead atoms. The zero-order valence-electron chi connectivity index (χ0n) is 8.14. The van der Waals surface area contributed by atoms with Crippen molar-refractivity contribution in [2.24, 2.45) is 0 Å². The summed E-state index contributed by atoms with van der Waals surface area (Å²) in [7, 11) is 0. The number of aliphatic hydroxyl groups is 1. The molecule has 0 aromatic carbocycles. The van der Waals surface area contributed by atoms with Crippen molar-refractivity contribution in [1.82, 2.24) is 4.98 Å². The van der Waals surface area contributed by atoms with Crippen LogP contribution < -0.4 is 0 Å². The fourth-order valence-corrected chi connectivity index (χ4v) is 2.34. The van der Waals surface area contributed by atoms with E-state index in [1.807, 2.05) is 18.4 Å². The number of halogens is 1. The number of aromatic nitrogens is 1. The van der Waals surface area contributed by atoms with Gasteiger partial charge < -0.3 is 5.11 Å². The molecule has 0 aliphatic carbocycles. The van der Waals surface area contributed by atoms with Crippen molar-refractivity contribution in [2.75, 3.05) is 0 Å². The summed E-state index contributed by atoms with van der Waals surface area (Å²) < 4.78 is 13.3. The Kier molecular flexibility index (Phi) is 2.79. The van der Waals surface area contributed by atoms with Crippen LogP contribution >= 0.6 is 11.3 Å². The van der Waals surface area contributed by atoms with Gasteiger partial charge in [-0.05, 0) is 30.0 Å². The highest BCUT2D eigenvalue weighted by atomic mass is 32.1. The quantitative estimate of drug-likeness (QED) is 0.849. The fraction of sp³-hybridized carbons (Fsp3) is 0.182. The van der Waals surface area contributed by atoms with Gasteiger partial charge >= 0.3 is 0 Å². The maximum absolute atomic E-state index is 13.3. The number of hydrogen-bond donors (Lipinski definition) is 1. The summed E-state index contributed by atoms with van der Waals surface area (Å²) in [5.41, 5.74) is 1.25. The average molecular weight is 223 g/mol. The summed E-state index contributed by atoms with van der Waals surface area (Å²) in [6, 6.07) is 3.40. The van der Waals surface area contributed by atoms with Gasteiger partial charge in [0.15, 0.2) is 0 Å². The Bertz CT molecular complexity index is 469. The van der Waals surface area contributed by atoms with Gasteiger partial charge in [0.2, 0.25) is 0 Å². The molecule has 1 unspecified atom stereocenters. The topological polar surface area (TPSA) is 33.1 Å². The molecule has 0 saturated heterocycles. The van der Waals surface area contributed by atoms with Gasteiger partial charge in [-0.25, -0.2) is 4.39 Å². The van der Waals surface area contributed by atoms with Gasteiger partial charge in [0, 0.05) is 16.6 Å². The van der Waals surface area contributed by atoms with Crippen LogP contribution in [0.2, 0.25) is 0 Å². The summed E-state index contributed by atoms with van der Waals surface area (Å²) in [4.78, 5) is 4.43. The molecule has 0 aliphatic heterocycles. The van der Waals surface area contributed by atoms with Crippen LogP contribution in [0.15, 0.2) is 29.9 Å². The summed E-state index contributed by atoms with van der Waals surface area (Å²) in [6.07, 6.45) is 1.69. The van der Waals surface area contributed by atoms with Crippen LogP contribution in [0.3, 0.4) is 0 Å². The Balaban J connectivity index is 2.41. The molecule has 0 amide bonds. The second-order valence-corrected chi connectivity index (χ2v) is 4.22. The Morgan fingerprint density at radius 3 is 2.87 bits per heavy atom. The van der Waals surface area contributed by atoms with Crippen molar-refractivity contribution >= 4 is 11.3 Å². The minimum absolute atomic E-state index is 0.274. The first-order valence-corrected chi connectivity index (χ1v) is 5.39. The molecular formula is C11H10FNOS. The van der Waals surface area contributed by atoms with Crippen LogP contribution in [0.4, 0.5) is 4.39 Å². The Morgan fingerprint density at radius 1 is 1.47 bits per heavy atom. The molecule has 78 valence electrons. The predicted molar refractivity (Wildman–Crippen MR) is 57.3 cm³/mol. The zero-order chi connectivity index (χ0) is 10.8. The molecule has 1 atom stereocenters. The number of pyridine rings is 1.